The number of methoxy groups -OCH3 is 1. The summed E-state index contributed by atoms with van der Waals surface area (Å²) in [5.74, 6) is -4.66. The number of aromatic nitrogens is 2. The van der Waals surface area contributed by atoms with Crippen LogP contribution in [0.15, 0.2) is 59.4 Å². The van der Waals surface area contributed by atoms with Crippen molar-refractivity contribution in [1.82, 2.24) is 51.3 Å². The Labute approximate surface area is 601 Å². The van der Waals surface area contributed by atoms with Gasteiger partial charge in [0.15, 0.2) is 6.10 Å². The van der Waals surface area contributed by atoms with Crippen LogP contribution in [0.5, 0.6) is 0 Å². The summed E-state index contributed by atoms with van der Waals surface area (Å²) < 4.78 is 77.9. The molecular formula is C72H95FN10O21. The Morgan fingerprint density at radius 2 is 1.24 bits per heavy atom. The lowest BCUT2D eigenvalue weighted by atomic mass is 9.80. The summed E-state index contributed by atoms with van der Waals surface area (Å²) in [7, 11) is 1.39. The first-order valence-electron chi connectivity index (χ1n) is 35.4. The Morgan fingerprint density at radius 3 is 1.88 bits per heavy atom. The zero-order chi connectivity index (χ0) is 73.6. The van der Waals surface area contributed by atoms with Crippen molar-refractivity contribution in [3.63, 3.8) is 0 Å². The Balaban J connectivity index is 0.554. The van der Waals surface area contributed by atoms with Crippen LogP contribution in [0.1, 0.15) is 96.0 Å². The van der Waals surface area contributed by atoms with E-state index in [2.05, 4.69) is 36.8 Å². The number of halogens is 1. The molecule has 1 saturated heterocycles. The van der Waals surface area contributed by atoms with Crippen LogP contribution in [0.2, 0.25) is 0 Å². The van der Waals surface area contributed by atoms with E-state index in [-0.39, 0.29) is 87.4 Å². The van der Waals surface area contributed by atoms with Crippen LogP contribution in [0, 0.1) is 12.7 Å². The maximum atomic E-state index is 15.5. The van der Waals surface area contributed by atoms with Crippen molar-refractivity contribution in [3.05, 3.63) is 110 Å². The second-order valence-electron chi connectivity index (χ2n) is 25.2. The standard InChI is InChI=1S/C72H95FN10O21/c1-47-50-12-13-57(67-52-43-83-58(68(52)80-55(66(50)67)39-54(47)73)38-51-53(71(83)92)44-103-72(93)69(51)94-2)81-20-16-49(17-21-81)104-46-78-61(86)41-77-70(91)56(37-48-9-5-3-6-10-48)79-62(87)42-75-60(85)40-76-63(88)45-102-36-35-101-34-33-100-32-31-99-30-29-98-28-27-97-26-25-96-24-23-95-22-18-74-59(84)11-7-4-8-19-82-64(89)14-15-65(82)90/h3,5-6,9-10,14-15,38-39,49,56-57,69H,4,7-8,11-13,16-37,40-46H2,1-2H3,(H,74,84)(H,75,85)(H,76,88)(H,77,91)(H,78,86)(H,79,87)/t56-,57-,69+/m0/s1. The highest BCUT2D eigenvalue weighted by Gasteiger charge is 2.40. The van der Waals surface area contributed by atoms with E-state index in [4.69, 9.17) is 57.1 Å². The highest BCUT2D eigenvalue weighted by Crippen LogP contribution is 2.47. The molecule has 4 aromatic rings. The molecule has 0 saturated carbocycles. The lowest BCUT2D eigenvalue weighted by molar-refractivity contribution is -0.159. The van der Waals surface area contributed by atoms with Crippen LogP contribution >= 0.6 is 0 Å². The zero-order valence-electron chi connectivity index (χ0n) is 59.0. The highest BCUT2D eigenvalue weighted by atomic mass is 19.1. The SMILES string of the molecule is CO[C@H]1C(=O)OCc2c1cc1n(c2=O)Cc2c-1nc1cc(F)c(C)c3c1c2[C@@H](N1CCC(OCNC(=O)CNC(=O)[C@H](Cc2ccccc2)NC(=O)CNC(=O)CNC(=O)COCCOCCOCCOCCOCCOCCOCCOCCNC(=O)CCCCCN2C(=O)C=CC2=O)CC1)CC3. The third-order valence-corrected chi connectivity index (χ3v) is 18.2. The van der Waals surface area contributed by atoms with Crippen molar-refractivity contribution < 1.29 is 99.6 Å². The largest absolute Gasteiger partial charge is 0.458 e. The first-order valence-corrected chi connectivity index (χ1v) is 35.4. The van der Waals surface area contributed by atoms with Gasteiger partial charge in [-0.15, -0.1) is 0 Å². The number of hydrogen-bond acceptors (Lipinski definition) is 23. The van der Waals surface area contributed by atoms with E-state index in [1.54, 1.807) is 47.9 Å². The van der Waals surface area contributed by atoms with Crippen molar-refractivity contribution in [2.75, 3.05) is 165 Å². The summed E-state index contributed by atoms with van der Waals surface area (Å²) in [6, 6.07) is 11.0. The van der Waals surface area contributed by atoms with Gasteiger partial charge in [0.25, 0.3) is 17.4 Å². The number of hydrogen-bond donors (Lipinski definition) is 6. The average Bonchev–Trinajstić information content (AvgIpc) is 1.38. The summed E-state index contributed by atoms with van der Waals surface area (Å²) in [6.45, 7) is 7.32. The Kier molecular flexibility index (Phi) is 32.0. The second kappa shape index (κ2) is 41.8. The van der Waals surface area contributed by atoms with Crippen molar-refractivity contribution in [3.8, 4) is 11.4 Å². The molecule has 2 aromatic carbocycles. The summed E-state index contributed by atoms with van der Waals surface area (Å²) >= 11 is 0. The van der Waals surface area contributed by atoms with E-state index < -0.39 is 67.3 Å². The van der Waals surface area contributed by atoms with E-state index in [9.17, 15) is 47.9 Å². The monoisotopic (exact) mass is 1450 g/mol. The maximum absolute atomic E-state index is 15.5. The minimum Gasteiger partial charge on any atom is -0.458 e. The van der Waals surface area contributed by atoms with Gasteiger partial charge in [0.05, 0.1) is 154 Å². The minimum absolute atomic E-state index is 0.0712. The van der Waals surface area contributed by atoms with Gasteiger partial charge < -0.3 is 88.6 Å². The maximum Gasteiger partial charge on any atom is 0.340 e. The predicted octanol–water partition coefficient (Wildman–Crippen LogP) is 0.970. The predicted molar refractivity (Wildman–Crippen MR) is 370 cm³/mol. The molecule has 0 unspecified atom stereocenters. The van der Waals surface area contributed by atoms with Gasteiger partial charge in [-0.05, 0) is 73.8 Å². The van der Waals surface area contributed by atoms with Gasteiger partial charge in [0.1, 0.15) is 31.8 Å². The Hall–Kier alpha value is -8.54. The molecule has 9 rings (SSSR count). The highest BCUT2D eigenvalue weighted by molar-refractivity contribution is 6.12. The van der Waals surface area contributed by atoms with E-state index in [0.29, 0.717) is 191 Å². The molecule has 6 heterocycles. The van der Waals surface area contributed by atoms with Gasteiger partial charge in [0, 0.05) is 86.9 Å². The number of rotatable bonds is 47. The molecule has 31 nitrogen and oxygen atoms in total. The number of piperidine rings is 1. The lowest BCUT2D eigenvalue weighted by Crippen LogP contribution is -2.52. The molecule has 104 heavy (non-hydrogen) atoms. The molecule has 1 aliphatic carbocycles. The molecule has 5 aliphatic rings. The summed E-state index contributed by atoms with van der Waals surface area (Å²) in [5, 5.41) is 16.5. The fraction of sp³-hybridized carbons (Fsp3) is 0.569. The van der Waals surface area contributed by atoms with Crippen molar-refractivity contribution >= 4 is 64.1 Å². The topological polar surface area (TPSA) is 369 Å². The summed E-state index contributed by atoms with van der Waals surface area (Å²) in [4.78, 5) is 135. The van der Waals surface area contributed by atoms with Crippen LogP contribution in [0.4, 0.5) is 4.39 Å². The van der Waals surface area contributed by atoms with E-state index in [1.165, 1.54) is 30.2 Å². The molecular weight excluding hydrogens is 1360 g/mol. The number of nitrogens with one attached hydrogen (secondary N) is 6. The first-order chi connectivity index (χ1) is 50.6. The molecule has 4 aliphatic heterocycles. The molecule has 6 N–H and O–H groups in total. The minimum atomic E-state index is -1.12. The van der Waals surface area contributed by atoms with Crippen LogP contribution in [0.25, 0.3) is 22.3 Å². The quantitative estimate of drug-likeness (QED) is 0.0137. The van der Waals surface area contributed by atoms with E-state index >= 15 is 4.39 Å². The van der Waals surface area contributed by atoms with E-state index in [1.807, 2.05) is 0 Å². The number of aryl methyl sites for hydroxylation is 1. The van der Waals surface area contributed by atoms with Gasteiger partial charge in [-0.3, -0.25) is 53.0 Å². The number of amides is 8. The number of esters is 1. The van der Waals surface area contributed by atoms with Crippen LogP contribution in [-0.2, 0) is 121 Å². The third-order valence-electron chi connectivity index (χ3n) is 18.2. The number of likely N-dealkylation sites (tertiary alicyclic amines) is 1. The lowest BCUT2D eigenvalue weighted by Gasteiger charge is -2.41. The van der Waals surface area contributed by atoms with Crippen LogP contribution in [-0.4, -0.2) is 250 Å². The number of carbonyl (C=O) groups excluding carboxylic acids is 9. The number of pyridine rings is 2. The smallest absolute Gasteiger partial charge is 0.340 e. The molecule has 2 aromatic heterocycles. The first kappa shape index (κ1) is 79.6. The number of ether oxygens (including phenoxy) is 11. The number of nitrogens with zero attached hydrogens (tertiary/aromatic N) is 4. The zero-order valence-corrected chi connectivity index (χ0v) is 59.0. The number of unbranched alkanes of at least 4 members (excludes halogenated alkanes) is 2. The third kappa shape index (κ3) is 23.5. The van der Waals surface area contributed by atoms with Gasteiger partial charge in [-0.1, -0.05) is 36.8 Å². The number of carbonyl (C=O) groups is 9. The normalized spacial score (nSPS) is 16.4. The summed E-state index contributed by atoms with van der Waals surface area (Å²) in [5.41, 5.74) is 6.24. The van der Waals surface area contributed by atoms with Crippen molar-refractivity contribution in [2.45, 2.75) is 102 Å². The average molecular weight is 1460 g/mol. The second-order valence-corrected chi connectivity index (χ2v) is 25.2. The van der Waals surface area contributed by atoms with Crippen LogP contribution < -0.4 is 37.5 Å². The van der Waals surface area contributed by atoms with Crippen LogP contribution in [0.3, 0.4) is 0 Å². The Morgan fingerprint density at radius 1 is 0.644 bits per heavy atom. The fourth-order valence-corrected chi connectivity index (χ4v) is 12.8. The fourth-order valence-electron chi connectivity index (χ4n) is 12.8. The van der Waals surface area contributed by atoms with Gasteiger partial charge in [0.2, 0.25) is 35.4 Å². The number of benzene rings is 2. The molecule has 32 heteroatoms. The molecule has 0 bridgehead atoms. The molecule has 8 amide bonds. The molecule has 566 valence electrons. The van der Waals surface area contributed by atoms with Gasteiger partial charge >= 0.3 is 5.97 Å². The van der Waals surface area contributed by atoms with Crippen molar-refractivity contribution in [1.29, 1.82) is 0 Å². The van der Waals surface area contributed by atoms with Crippen molar-refractivity contribution in [2.24, 2.45) is 0 Å². The molecule has 3 atom stereocenters. The van der Waals surface area contributed by atoms with E-state index in [0.717, 1.165) is 34.1 Å². The number of fused-ring (bicyclic) bond motifs is 5. The summed E-state index contributed by atoms with van der Waals surface area (Å²) in [6.07, 6.45) is 6.42. The Bertz CT molecular complexity index is 3680. The molecule has 0 spiro atoms. The van der Waals surface area contributed by atoms with Gasteiger partial charge in [-0.25, -0.2) is 14.2 Å². The molecule has 1 fully saturated rings. The molecule has 0 radical (unpaired) electrons. The van der Waals surface area contributed by atoms with Gasteiger partial charge in [-0.2, -0.15) is 0 Å². The number of cyclic esters (lactones) is 1. The number of imide groups is 1.